The Kier molecular flexibility index (Phi) is 2.85. The van der Waals surface area contributed by atoms with Gasteiger partial charge in [-0.25, -0.2) is 5.32 Å². The highest BCUT2D eigenvalue weighted by molar-refractivity contribution is 5.97. The second-order valence-electron chi connectivity index (χ2n) is 4.79. The third-order valence-corrected chi connectivity index (χ3v) is 3.73. The molecule has 2 aliphatic rings. The number of carbonyl (C=O) groups is 1. The summed E-state index contributed by atoms with van der Waals surface area (Å²) in [7, 11) is 0. The van der Waals surface area contributed by atoms with Crippen LogP contribution in [0.4, 0.5) is 5.69 Å². The molecule has 0 saturated carbocycles. The first kappa shape index (κ1) is 10.8. The van der Waals surface area contributed by atoms with Gasteiger partial charge in [0.15, 0.2) is 0 Å². The topological polar surface area (TPSA) is 34.4 Å². The molecule has 3 rings (SSSR count). The molecule has 0 atom stereocenters. The van der Waals surface area contributed by atoms with E-state index in [0.717, 1.165) is 38.0 Å². The first-order valence-electron chi connectivity index (χ1n) is 6.39. The number of rotatable bonds is 1. The van der Waals surface area contributed by atoms with Gasteiger partial charge < -0.3 is 4.90 Å². The van der Waals surface area contributed by atoms with E-state index in [1.54, 1.807) is 0 Å². The molecule has 0 N–H and O–H groups in total. The molecular weight excluding hydrogens is 212 g/mol. The predicted molar refractivity (Wildman–Crippen MR) is 67.1 cm³/mol. The Labute approximate surface area is 102 Å². The Bertz CT molecular complexity index is 424. The summed E-state index contributed by atoms with van der Waals surface area (Å²) < 4.78 is 0. The Morgan fingerprint density at radius 3 is 2.71 bits per heavy atom. The summed E-state index contributed by atoms with van der Waals surface area (Å²) in [5.74, 6) is 0.288. The van der Waals surface area contributed by atoms with Crippen LogP contribution in [0.3, 0.4) is 0 Å². The minimum absolute atomic E-state index is 0.288. The van der Waals surface area contributed by atoms with Crippen LogP contribution in [-0.4, -0.2) is 25.0 Å². The van der Waals surface area contributed by atoms with Crippen LogP contribution in [-0.2, 0) is 11.2 Å². The first-order chi connectivity index (χ1) is 8.36. The number of carbonyl (C=O) groups excluding carboxylic acids is 1. The van der Waals surface area contributed by atoms with Gasteiger partial charge in [-0.05, 0) is 30.9 Å². The Morgan fingerprint density at radius 2 is 1.88 bits per heavy atom. The van der Waals surface area contributed by atoms with Crippen LogP contribution >= 0.6 is 0 Å². The second kappa shape index (κ2) is 4.49. The number of benzene rings is 1. The van der Waals surface area contributed by atoms with Crippen molar-refractivity contribution in [3.8, 4) is 0 Å². The van der Waals surface area contributed by atoms with Crippen molar-refractivity contribution in [3.63, 3.8) is 0 Å². The average Bonchev–Trinajstić information content (AvgIpc) is 2.39. The van der Waals surface area contributed by atoms with E-state index in [9.17, 15) is 4.79 Å². The van der Waals surface area contributed by atoms with E-state index in [4.69, 9.17) is 0 Å². The van der Waals surface area contributed by atoms with Gasteiger partial charge in [-0.1, -0.05) is 18.2 Å². The van der Waals surface area contributed by atoms with E-state index in [-0.39, 0.29) is 5.91 Å². The molecule has 1 amide bonds. The fourth-order valence-corrected chi connectivity index (χ4v) is 2.85. The van der Waals surface area contributed by atoms with Crippen LogP contribution in [0.25, 0.3) is 0 Å². The summed E-state index contributed by atoms with van der Waals surface area (Å²) >= 11 is 0. The van der Waals surface area contributed by atoms with Crippen LogP contribution in [0.2, 0.25) is 0 Å². The van der Waals surface area contributed by atoms with Gasteiger partial charge >= 0.3 is 0 Å². The number of fused-ring (bicyclic) bond motifs is 1. The maximum Gasteiger partial charge on any atom is 0.227 e. The maximum absolute atomic E-state index is 12.2. The van der Waals surface area contributed by atoms with E-state index in [1.807, 2.05) is 11.0 Å². The number of hydrogen-bond acceptors (Lipinski definition) is 1. The predicted octanol–water partition coefficient (Wildman–Crippen LogP) is 1.73. The lowest BCUT2D eigenvalue weighted by Gasteiger charge is -2.37. The zero-order valence-corrected chi connectivity index (χ0v) is 9.93. The van der Waals surface area contributed by atoms with E-state index in [0.29, 0.717) is 12.5 Å². The summed E-state index contributed by atoms with van der Waals surface area (Å²) in [5, 5.41) is 4.37. The maximum atomic E-state index is 12.2. The highest BCUT2D eigenvalue weighted by Crippen LogP contribution is 2.31. The van der Waals surface area contributed by atoms with Crippen molar-refractivity contribution in [2.75, 3.05) is 18.0 Å². The van der Waals surface area contributed by atoms with Gasteiger partial charge in [0, 0.05) is 31.2 Å². The summed E-state index contributed by atoms with van der Waals surface area (Å²) in [4.78, 5) is 14.2. The van der Waals surface area contributed by atoms with Crippen molar-refractivity contribution in [2.24, 2.45) is 0 Å². The van der Waals surface area contributed by atoms with Gasteiger partial charge in [0.25, 0.3) is 0 Å². The first-order valence-corrected chi connectivity index (χ1v) is 6.39. The second-order valence-corrected chi connectivity index (χ2v) is 4.79. The summed E-state index contributed by atoms with van der Waals surface area (Å²) in [6, 6.07) is 8.67. The zero-order chi connectivity index (χ0) is 11.7. The molecule has 2 heterocycles. The van der Waals surface area contributed by atoms with E-state index in [2.05, 4.69) is 23.5 Å². The third kappa shape index (κ3) is 1.95. The summed E-state index contributed by atoms with van der Waals surface area (Å²) in [6.07, 6.45) is 3.58. The lowest BCUT2D eigenvalue weighted by atomic mass is 9.96. The molecule has 2 aliphatic heterocycles. The summed E-state index contributed by atoms with van der Waals surface area (Å²) in [5.41, 5.74) is 2.45. The van der Waals surface area contributed by atoms with Gasteiger partial charge in [-0.3, -0.25) is 4.79 Å². The van der Waals surface area contributed by atoms with Crippen molar-refractivity contribution in [1.29, 1.82) is 0 Å². The number of piperidine rings is 1. The molecule has 0 unspecified atom stereocenters. The number of para-hydroxylation sites is 1. The van der Waals surface area contributed by atoms with Crippen molar-refractivity contribution < 1.29 is 4.79 Å². The fourth-order valence-electron chi connectivity index (χ4n) is 2.85. The number of hydrogen-bond donors (Lipinski definition) is 0. The van der Waals surface area contributed by atoms with Crippen molar-refractivity contribution >= 4 is 11.6 Å². The molecule has 1 fully saturated rings. The Hall–Kier alpha value is -1.35. The monoisotopic (exact) mass is 229 g/mol. The summed E-state index contributed by atoms with van der Waals surface area (Å²) in [6.45, 7) is 1.80. The average molecular weight is 229 g/mol. The zero-order valence-electron chi connectivity index (χ0n) is 9.93. The number of nitrogens with zero attached hydrogens (tertiary/aromatic N) is 2. The van der Waals surface area contributed by atoms with E-state index < -0.39 is 0 Å². The lowest BCUT2D eigenvalue weighted by Crippen LogP contribution is -2.47. The van der Waals surface area contributed by atoms with Crippen molar-refractivity contribution in [3.05, 3.63) is 29.8 Å². The Balaban J connectivity index is 1.94. The van der Waals surface area contributed by atoms with Gasteiger partial charge in [0.1, 0.15) is 0 Å². The van der Waals surface area contributed by atoms with Crippen LogP contribution in [0.1, 0.15) is 24.8 Å². The van der Waals surface area contributed by atoms with Crippen molar-refractivity contribution in [2.45, 2.75) is 31.7 Å². The molecule has 1 aromatic carbocycles. The van der Waals surface area contributed by atoms with Gasteiger partial charge in [0.2, 0.25) is 5.91 Å². The molecule has 0 aliphatic carbocycles. The van der Waals surface area contributed by atoms with Crippen LogP contribution < -0.4 is 10.2 Å². The highest BCUT2D eigenvalue weighted by Gasteiger charge is 2.30. The molecule has 1 aromatic rings. The Morgan fingerprint density at radius 1 is 1.12 bits per heavy atom. The van der Waals surface area contributed by atoms with Gasteiger partial charge in [0.05, 0.1) is 0 Å². The van der Waals surface area contributed by atoms with Crippen LogP contribution in [0, 0.1) is 0 Å². The van der Waals surface area contributed by atoms with Gasteiger partial charge in [-0.15, -0.1) is 0 Å². The number of anilines is 1. The molecule has 0 spiro atoms. The SMILES string of the molecule is O=C1CCc2ccccc2N1C1CC[N]CC1. The minimum Gasteiger partial charge on any atom is -0.309 e. The molecular formula is C14H17N2O. The third-order valence-electron chi connectivity index (χ3n) is 3.73. The largest absolute Gasteiger partial charge is 0.309 e. The molecule has 89 valence electrons. The normalized spacial score (nSPS) is 21.4. The van der Waals surface area contributed by atoms with Crippen LogP contribution in [0.5, 0.6) is 0 Å². The molecule has 3 nitrogen and oxygen atoms in total. The molecule has 17 heavy (non-hydrogen) atoms. The number of aryl methyl sites for hydroxylation is 1. The smallest absolute Gasteiger partial charge is 0.227 e. The molecule has 0 aromatic heterocycles. The minimum atomic E-state index is 0.288. The highest BCUT2D eigenvalue weighted by atomic mass is 16.2. The molecule has 1 radical (unpaired) electrons. The van der Waals surface area contributed by atoms with Crippen molar-refractivity contribution in [1.82, 2.24) is 5.32 Å². The van der Waals surface area contributed by atoms with Gasteiger partial charge in [-0.2, -0.15) is 0 Å². The lowest BCUT2D eigenvalue weighted by molar-refractivity contribution is -0.119. The van der Waals surface area contributed by atoms with E-state index in [1.165, 1.54) is 5.56 Å². The molecule has 1 saturated heterocycles. The van der Waals surface area contributed by atoms with E-state index >= 15 is 0 Å². The number of amides is 1. The fraction of sp³-hybridized carbons (Fsp3) is 0.500. The quantitative estimate of drug-likeness (QED) is 0.722. The molecule has 3 heteroatoms. The van der Waals surface area contributed by atoms with Crippen LogP contribution in [0.15, 0.2) is 24.3 Å². The molecule has 0 bridgehead atoms. The standard InChI is InChI=1S/C14H17N2O/c17-14-6-5-11-3-1-2-4-13(11)16(14)12-7-9-15-10-8-12/h1-4,12H,5-10H2.